The number of benzene rings is 1. The van der Waals surface area contributed by atoms with Crippen molar-refractivity contribution in [1.82, 2.24) is 14.7 Å². The van der Waals surface area contributed by atoms with Gasteiger partial charge in [-0.25, -0.2) is 0 Å². The van der Waals surface area contributed by atoms with E-state index in [2.05, 4.69) is 11.8 Å². The number of nitrogen functional groups attached to an aromatic ring is 1. The number of amides is 2. The Labute approximate surface area is 161 Å². The second kappa shape index (κ2) is 9.24. The molecule has 0 radical (unpaired) electrons. The van der Waals surface area contributed by atoms with E-state index in [4.69, 9.17) is 5.73 Å². The first-order valence-corrected chi connectivity index (χ1v) is 9.21. The van der Waals surface area contributed by atoms with Gasteiger partial charge in [-0.3, -0.25) is 14.5 Å². The Hall–Kier alpha value is -1.79. The second-order valence-corrected chi connectivity index (χ2v) is 7.12. The van der Waals surface area contributed by atoms with Crippen molar-refractivity contribution in [2.45, 2.75) is 32.2 Å². The third kappa shape index (κ3) is 4.89. The minimum Gasteiger partial charge on any atom is -0.399 e. The van der Waals surface area contributed by atoms with Crippen LogP contribution in [0, 0.1) is 0 Å². The van der Waals surface area contributed by atoms with E-state index in [1.54, 1.807) is 24.3 Å². The summed E-state index contributed by atoms with van der Waals surface area (Å²) in [6, 6.07) is 7.40. The minimum absolute atomic E-state index is 0. The number of carbonyl (C=O) groups excluding carboxylic acids is 2. The fourth-order valence-electron chi connectivity index (χ4n) is 3.67. The van der Waals surface area contributed by atoms with Crippen LogP contribution in [0.1, 0.15) is 36.5 Å². The molecule has 0 saturated carbocycles. The Morgan fingerprint density at radius 2 is 1.69 bits per heavy atom. The predicted molar refractivity (Wildman–Crippen MR) is 105 cm³/mol. The van der Waals surface area contributed by atoms with Crippen LogP contribution in [0.25, 0.3) is 0 Å². The molecule has 7 heteroatoms. The SMILES string of the molecule is CC1CCCCN1C(=O)CN1CCN(C(=O)c2ccc(N)cc2)CC1.Cl. The van der Waals surface area contributed by atoms with E-state index in [-0.39, 0.29) is 24.2 Å². The van der Waals surface area contributed by atoms with Gasteiger partial charge in [-0.05, 0) is 50.5 Å². The molecule has 2 aliphatic rings. The van der Waals surface area contributed by atoms with Gasteiger partial charge in [0.25, 0.3) is 5.91 Å². The van der Waals surface area contributed by atoms with Crippen LogP contribution in [0.4, 0.5) is 5.69 Å². The van der Waals surface area contributed by atoms with Gasteiger partial charge in [0.05, 0.1) is 6.54 Å². The summed E-state index contributed by atoms with van der Waals surface area (Å²) in [4.78, 5) is 31.1. The highest BCUT2D eigenvalue weighted by Gasteiger charge is 2.27. The van der Waals surface area contributed by atoms with Gasteiger partial charge in [-0.1, -0.05) is 0 Å². The molecule has 2 amide bonds. The Morgan fingerprint density at radius 1 is 1.04 bits per heavy atom. The van der Waals surface area contributed by atoms with Crippen LogP contribution in [0.2, 0.25) is 0 Å². The Kier molecular flexibility index (Phi) is 7.29. The number of halogens is 1. The molecule has 0 spiro atoms. The molecular weight excluding hydrogens is 352 g/mol. The number of hydrogen-bond donors (Lipinski definition) is 1. The van der Waals surface area contributed by atoms with Gasteiger partial charge in [0.1, 0.15) is 0 Å². The average Bonchev–Trinajstić information content (AvgIpc) is 2.63. The number of rotatable bonds is 3. The molecule has 2 heterocycles. The number of nitrogens with zero attached hydrogens (tertiary/aromatic N) is 3. The summed E-state index contributed by atoms with van der Waals surface area (Å²) in [6.07, 6.45) is 3.44. The standard InChI is InChI=1S/C19H28N4O2.ClH/c1-15-4-2-3-9-23(15)18(24)14-21-10-12-22(13-11-21)19(25)16-5-7-17(20)8-6-16;/h5-8,15H,2-4,9-14,20H2,1H3;1H. The normalized spacial score (nSPS) is 21.2. The Bertz CT molecular complexity index is 614. The minimum atomic E-state index is 0. The summed E-state index contributed by atoms with van der Waals surface area (Å²) in [5, 5.41) is 0. The second-order valence-electron chi connectivity index (χ2n) is 7.12. The summed E-state index contributed by atoms with van der Waals surface area (Å²) >= 11 is 0. The quantitative estimate of drug-likeness (QED) is 0.812. The maximum Gasteiger partial charge on any atom is 0.253 e. The van der Waals surface area contributed by atoms with Crippen LogP contribution in [0.3, 0.4) is 0 Å². The molecule has 0 aromatic heterocycles. The summed E-state index contributed by atoms with van der Waals surface area (Å²) in [5.41, 5.74) is 7.00. The highest BCUT2D eigenvalue weighted by atomic mass is 35.5. The van der Waals surface area contributed by atoms with E-state index in [0.29, 0.717) is 36.9 Å². The fourth-order valence-corrected chi connectivity index (χ4v) is 3.67. The van der Waals surface area contributed by atoms with Crippen LogP contribution in [-0.4, -0.2) is 71.8 Å². The third-order valence-electron chi connectivity index (χ3n) is 5.30. The summed E-state index contributed by atoms with van der Waals surface area (Å²) in [6.45, 7) is 6.30. The van der Waals surface area contributed by atoms with Crippen molar-refractivity contribution < 1.29 is 9.59 Å². The van der Waals surface area contributed by atoms with Gasteiger partial charge >= 0.3 is 0 Å². The molecule has 0 bridgehead atoms. The molecule has 1 unspecified atom stereocenters. The maximum absolute atomic E-state index is 12.5. The van der Waals surface area contributed by atoms with E-state index < -0.39 is 0 Å². The van der Waals surface area contributed by atoms with Crippen molar-refractivity contribution >= 4 is 29.9 Å². The van der Waals surface area contributed by atoms with E-state index in [1.165, 1.54) is 6.42 Å². The van der Waals surface area contributed by atoms with Crippen molar-refractivity contribution in [2.24, 2.45) is 0 Å². The monoisotopic (exact) mass is 380 g/mol. The topological polar surface area (TPSA) is 69.9 Å². The maximum atomic E-state index is 12.5. The molecule has 2 aliphatic heterocycles. The lowest BCUT2D eigenvalue weighted by Gasteiger charge is -2.38. The molecule has 26 heavy (non-hydrogen) atoms. The first-order valence-electron chi connectivity index (χ1n) is 9.21. The zero-order valence-electron chi connectivity index (χ0n) is 15.4. The Balaban J connectivity index is 0.00000243. The summed E-state index contributed by atoms with van der Waals surface area (Å²) < 4.78 is 0. The van der Waals surface area contributed by atoms with Crippen molar-refractivity contribution in [3.8, 4) is 0 Å². The van der Waals surface area contributed by atoms with Crippen LogP contribution in [0.15, 0.2) is 24.3 Å². The lowest BCUT2D eigenvalue weighted by atomic mass is 10.0. The number of carbonyl (C=O) groups is 2. The largest absolute Gasteiger partial charge is 0.399 e. The van der Waals surface area contributed by atoms with E-state index in [1.807, 2.05) is 9.80 Å². The molecule has 0 aliphatic carbocycles. The van der Waals surface area contributed by atoms with Gasteiger partial charge in [0.15, 0.2) is 0 Å². The van der Waals surface area contributed by atoms with Crippen LogP contribution < -0.4 is 5.73 Å². The van der Waals surface area contributed by atoms with Crippen molar-refractivity contribution in [1.29, 1.82) is 0 Å². The number of piperazine rings is 1. The number of anilines is 1. The first-order chi connectivity index (χ1) is 12.0. The molecule has 1 aromatic carbocycles. The molecule has 1 atom stereocenters. The average molecular weight is 381 g/mol. The number of hydrogen-bond acceptors (Lipinski definition) is 4. The van der Waals surface area contributed by atoms with Gasteiger partial charge in [0, 0.05) is 50.0 Å². The lowest BCUT2D eigenvalue weighted by Crippen LogP contribution is -2.53. The fraction of sp³-hybridized carbons (Fsp3) is 0.579. The van der Waals surface area contributed by atoms with Crippen molar-refractivity contribution in [3.63, 3.8) is 0 Å². The van der Waals surface area contributed by atoms with Crippen LogP contribution in [0.5, 0.6) is 0 Å². The molecule has 1 aromatic rings. The highest BCUT2D eigenvalue weighted by Crippen LogP contribution is 2.17. The van der Waals surface area contributed by atoms with Gasteiger partial charge in [-0.15, -0.1) is 12.4 Å². The summed E-state index contributed by atoms with van der Waals surface area (Å²) in [7, 11) is 0. The molecule has 6 nitrogen and oxygen atoms in total. The molecular formula is C19H29ClN4O2. The molecule has 2 fully saturated rings. The number of likely N-dealkylation sites (tertiary alicyclic amines) is 1. The van der Waals surface area contributed by atoms with E-state index in [0.717, 1.165) is 32.5 Å². The van der Waals surface area contributed by atoms with Crippen LogP contribution >= 0.6 is 12.4 Å². The van der Waals surface area contributed by atoms with E-state index >= 15 is 0 Å². The highest BCUT2D eigenvalue weighted by molar-refractivity contribution is 5.94. The van der Waals surface area contributed by atoms with Crippen molar-refractivity contribution in [3.05, 3.63) is 29.8 Å². The summed E-state index contributed by atoms with van der Waals surface area (Å²) in [5.74, 6) is 0.265. The Morgan fingerprint density at radius 3 is 2.31 bits per heavy atom. The number of piperidine rings is 1. The number of nitrogens with two attached hydrogens (primary N) is 1. The lowest BCUT2D eigenvalue weighted by molar-refractivity contribution is -0.136. The third-order valence-corrected chi connectivity index (χ3v) is 5.30. The van der Waals surface area contributed by atoms with E-state index in [9.17, 15) is 9.59 Å². The molecule has 2 saturated heterocycles. The molecule has 2 N–H and O–H groups in total. The van der Waals surface area contributed by atoms with Crippen LogP contribution in [-0.2, 0) is 4.79 Å². The van der Waals surface area contributed by atoms with Gasteiger partial charge in [0.2, 0.25) is 5.91 Å². The van der Waals surface area contributed by atoms with Gasteiger partial charge < -0.3 is 15.5 Å². The molecule has 144 valence electrons. The first kappa shape index (κ1) is 20.5. The zero-order chi connectivity index (χ0) is 17.8. The zero-order valence-corrected chi connectivity index (χ0v) is 16.2. The molecule has 3 rings (SSSR count). The van der Waals surface area contributed by atoms with Crippen molar-refractivity contribution in [2.75, 3.05) is 45.0 Å². The smallest absolute Gasteiger partial charge is 0.253 e. The van der Waals surface area contributed by atoms with Gasteiger partial charge in [-0.2, -0.15) is 0 Å². The predicted octanol–water partition coefficient (Wildman–Crippen LogP) is 1.85.